The van der Waals surface area contributed by atoms with Gasteiger partial charge in [0.2, 0.25) is 23.6 Å². The lowest BCUT2D eigenvalue weighted by Gasteiger charge is -2.22. The smallest absolute Gasteiger partial charge is 0.234 e. The summed E-state index contributed by atoms with van der Waals surface area (Å²) < 4.78 is 0. The Morgan fingerprint density at radius 3 is 1.88 bits per heavy atom. The maximum absolute atomic E-state index is 12.8. The average Bonchev–Trinajstić information content (AvgIpc) is 2.95. The second-order valence-electron chi connectivity index (χ2n) is 10.3. The Labute approximate surface area is 242 Å². The summed E-state index contributed by atoms with van der Waals surface area (Å²) in [4.78, 5) is 49.5. The number of carbonyl (C=O) groups is 4. The van der Waals surface area contributed by atoms with Crippen molar-refractivity contribution >= 4 is 34.4 Å². The number of amides is 4. The molecule has 9 nitrogen and oxygen atoms in total. The SMILES string of the molecule is CC(=O)NCCN(CCNC(C)=O)CC(=O)NCc1ccc(CNC(=O)[C@@H](C)Cc2cccc3ccccc23)cc1. The number of nitrogens with one attached hydrogen (secondary N) is 4. The lowest BCUT2D eigenvalue weighted by molar-refractivity contribution is -0.125. The van der Waals surface area contributed by atoms with Crippen LogP contribution in [0.3, 0.4) is 0 Å². The summed E-state index contributed by atoms with van der Waals surface area (Å²) in [5.41, 5.74) is 3.09. The predicted molar refractivity (Wildman–Crippen MR) is 161 cm³/mol. The molecule has 0 spiro atoms. The quantitative estimate of drug-likeness (QED) is 0.228. The highest BCUT2D eigenvalue weighted by atomic mass is 16.2. The van der Waals surface area contributed by atoms with E-state index < -0.39 is 0 Å². The number of nitrogens with zero attached hydrogens (tertiary/aromatic N) is 1. The van der Waals surface area contributed by atoms with Gasteiger partial charge in [0, 0.05) is 59.0 Å². The maximum Gasteiger partial charge on any atom is 0.234 e. The normalized spacial score (nSPS) is 11.6. The third-order valence-electron chi connectivity index (χ3n) is 6.80. The third-order valence-corrected chi connectivity index (χ3v) is 6.80. The van der Waals surface area contributed by atoms with Crippen LogP contribution in [0.2, 0.25) is 0 Å². The van der Waals surface area contributed by atoms with Gasteiger partial charge in [-0.1, -0.05) is 73.7 Å². The molecule has 3 aromatic rings. The standard InChI is InChI=1S/C32H41N5O4/c1-23(19-29-9-6-8-28-7-4-5-10-30(28)29)32(41)36-21-27-13-11-26(12-14-27)20-35-31(40)22-37(17-15-33-24(2)38)18-16-34-25(3)39/h4-14,23H,15-22H2,1-3H3,(H,33,38)(H,34,39)(H,35,40)(H,36,41)/t23-/m0/s1. The Bertz CT molecular complexity index is 1300. The summed E-state index contributed by atoms with van der Waals surface area (Å²) in [7, 11) is 0. The molecule has 0 aliphatic rings. The molecule has 0 aliphatic carbocycles. The van der Waals surface area contributed by atoms with E-state index in [0.29, 0.717) is 45.7 Å². The van der Waals surface area contributed by atoms with Crippen LogP contribution in [0.1, 0.15) is 37.5 Å². The largest absolute Gasteiger partial charge is 0.355 e. The molecule has 41 heavy (non-hydrogen) atoms. The van der Waals surface area contributed by atoms with Crippen molar-refractivity contribution in [2.24, 2.45) is 5.92 Å². The first-order valence-electron chi connectivity index (χ1n) is 14.0. The van der Waals surface area contributed by atoms with Gasteiger partial charge in [0.25, 0.3) is 0 Å². The van der Waals surface area contributed by atoms with Crippen molar-refractivity contribution in [1.82, 2.24) is 26.2 Å². The second kappa shape index (κ2) is 16.1. The molecule has 3 aromatic carbocycles. The highest BCUT2D eigenvalue weighted by Gasteiger charge is 2.15. The molecule has 0 bridgehead atoms. The minimum absolute atomic E-state index is 0.0100. The summed E-state index contributed by atoms with van der Waals surface area (Å²) >= 11 is 0. The fourth-order valence-corrected chi connectivity index (χ4v) is 4.54. The van der Waals surface area contributed by atoms with Gasteiger partial charge in [-0.15, -0.1) is 0 Å². The first-order valence-corrected chi connectivity index (χ1v) is 14.0. The minimum atomic E-state index is -0.161. The summed E-state index contributed by atoms with van der Waals surface area (Å²) in [6.45, 7) is 7.63. The molecule has 0 heterocycles. The van der Waals surface area contributed by atoms with E-state index in [4.69, 9.17) is 0 Å². The van der Waals surface area contributed by atoms with Crippen LogP contribution < -0.4 is 21.3 Å². The predicted octanol–water partition coefficient (Wildman–Crippen LogP) is 2.53. The topological polar surface area (TPSA) is 120 Å². The highest BCUT2D eigenvalue weighted by molar-refractivity contribution is 5.86. The van der Waals surface area contributed by atoms with Crippen molar-refractivity contribution < 1.29 is 19.2 Å². The van der Waals surface area contributed by atoms with Crippen LogP contribution in [0.25, 0.3) is 10.8 Å². The van der Waals surface area contributed by atoms with E-state index in [1.165, 1.54) is 30.2 Å². The molecular formula is C32H41N5O4. The molecule has 218 valence electrons. The fourth-order valence-electron chi connectivity index (χ4n) is 4.54. The summed E-state index contributed by atoms with van der Waals surface area (Å²) in [6, 6.07) is 22.2. The zero-order valence-electron chi connectivity index (χ0n) is 24.2. The van der Waals surface area contributed by atoms with E-state index in [2.05, 4.69) is 45.5 Å². The molecule has 0 radical (unpaired) electrons. The Morgan fingerprint density at radius 2 is 1.27 bits per heavy atom. The molecule has 4 N–H and O–H groups in total. The van der Waals surface area contributed by atoms with Crippen molar-refractivity contribution in [2.45, 2.75) is 40.3 Å². The van der Waals surface area contributed by atoms with Gasteiger partial charge < -0.3 is 21.3 Å². The van der Waals surface area contributed by atoms with Gasteiger partial charge in [0.1, 0.15) is 0 Å². The Balaban J connectivity index is 1.43. The first-order chi connectivity index (χ1) is 19.7. The Hall–Kier alpha value is -4.24. The van der Waals surface area contributed by atoms with Crippen LogP contribution in [-0.4, -0.2) is 61.3 Å². The average molecular weight is 560 g/mol. The monoisotopic (exact) mass is 559 g/mol. The van der Waals surface area contributed by atoms with Gasteiger partial charge in [-0.05, 0) is 33.9 Å². The fraction of sp³-hybridized carbons (Fsp3) is 0.375. The van der Waals surface area contributed by atoms with Crippen LogP contribution in [0.5, 0.6) is 0 Å². The van der Waals surface area contributed by atoms with Crippen molar-refractivity contribution in [2.75, 3.05) is 32.7 Å². The lowest BCUT2D eigenvalue weighted by atomic mass is 9.95. The van der Waals surface area contributed by atoms with Gasteiger partial charge in [-0.3, -0.25) is 24.1 Å². The van der Waals surface area contributed by atoms with Crippen LogP contribution in [0.15, 0.2) is 66.7 Å². The van der Waals surface area contributed by atoms with Crippen LogP contribution in [0, 0.1) is 5.92 Å². The molecule has 0 aliphatic heterocycles. The number of carbonyl (C=O) groups excluding carboxylic acids is 4. The summed E-state index contributed by atoms with van der Waals surface area (Å²) in [5, 5.41) is 13.8. The number of hydrogen-bond donors (Lipinski definition) is 4. The Kier molecular flexibility index (Phi) is 12.3. The summed E-state index contributed by atoms with van der Waals surface area (Å²) in [6.07, 6.45) is 0.670. The van der Waals surface area contributed by atoms with Crippen molar-refractivity contribution in [1.29, 1.82) is 0 Å². The molecule has 9 heteroatoms. The van der Waals surface area contributed by atoms with Crippen LogP contribution in [0.4, 0.5) is 0 Å². The van der Waals surface area contributed by atoms with E-state index in [1.807, 2.05) is 54.3 Å². The van der Waals surface area contributed by atoms with E-state index in [-0.39, 0.29) is 36.1 Å². The van der Waals surface area contributed by atoms with Crippen molar-refractivity contribution in [3.63, 3.8) is 0 Å². The number of hydrogen-bond acceptors (Lipinski definition) is 5. The van der Waals surface area contributed by atoms with Gasteiger partial charge >= 0.3 is 0 Å². The molecule has 0 saturated heterocycles. The third kappa shape index (κ3) is 11.0. The van der Waals surface area contributed by atoms with E-state index in [9.17, 15) is 19.2 Å². The maximum atomic E-state index is 12.8. The van der Waals surface area contributed by atoms with Crippen LogP contribution >= 0.6 is 0 Å². The van der Waals surface area contributed by atoms with E-state index in [0.717, 1.165) is 11.1 Å². The number of fused-ring (bicyclic) bond motifs is 1. The Morgan fingerprint density at radius 1 is 0.707 bits per heavy atom. The molecule has 0 fully saturated rings. The van der Waals surface area contributed by atoms with Gasteiger partial charge in [-0.25, -0.2) is 0 Å². The number of rotatable bonds is 15. The number of benzene rings is 3. The zero-order valence-corrected chi connectivity index (χ0v) is 24.2. The second-order valence-corrected chi connectivity index (χ2v) is 10.3. The zero-order chi connectivity index (χ0) is 29.6. The van der Waals surface area contributed by atoms with E-state index in [1.54, 1.807) is 0 Å². The highest BCUT2D eigenvalue weighted by Crippen LogP contribution is 2.21. The van der Waals surface area contributed by atoms with Crippen LogP contribution in [-0.2, 0) is 38.7 Å². The van der Waals surface area contributed by atoms with Gasteiger partial charge in [-0.2, -0.15) is 0 Å². The summed E-state index contributed by atoms with van der Waals surface area (Å²) in [5.74, 6) is -0.557. The van der Waals surface area contributed by atoms with Crippen molar-refractivity contribution in [3.05, 3.63) is 83.4 Å². The first kappa shape index (κ1) is 31.3. The van der Waals surface area contributed by atoms with E-state index >= 15 is 0 Å². The molecule has 3 rings (SSSR count). The minimum Gasteiger partial charge on any atom is -0.355 e. The molecule has 0 saturated carbocycles. The lowest BCUT2D eigenvalue weighted by Crippen LogP contribution is -2.43. The molecule has 0 unspecified atom stereocenters. The molecule has 1 atom stereocenters. The van der Waals surface area contributed by atoms with Crippen molar-refractivity contribution in [3.8, 4) is 0 Å². The van der Waals surface area contributed by atoms with Gasteiger partial charge in [0.15, 0.2) is 0 Å². The molecular weight excluding hydrogens is 518 g/mol. The molecule has 4 amide bonds. The molecule has 0 aromatic heterocycles. The van der Waals surface area contributed by atoms with Gasteiger partial charge in [0.05, 0.1) is 6.54 Å².